The molecule has 2 aromatic rings. The zero-order chi connectivity index (χ0) is 17.4. The van der Waals surface area contributed by atoms with Gasteiger partial charge < -0.3 is 0 Å². The van der Waals surface area contributed by atoms with Gasteiger partial charge in [0, 0.05) is 30.4 Å². The molecule has 0 aliphatic heterocycles. The number of benzene rings is 1. The van der Waals surface area contributed by atoms with E-state index < -0.39 is 0 Å². The molecule has 1 aromatic heterocycles. The first-order valence-corrected chi connectivity index (χ1v) is 9.31. The minimum absolute atomic E-state index is 0.618. The Morgan fingerprint density at radius 3 is 2.62 bits per heavy atom. The maximum absolute atomic E-state index is 4.62. The fraction of sp³-hybridized carbons (Fsp3) is 0.571. The Morgan fingerprint density at radius 1 is 1.29 bits per heavy atom. The molecule has 1 aromatic carbocycles. The average molecular weight is 326 g/mol. The molecular weight excluding hydrogens is 294 g/mol. The van der Waals surface area contributed by atoms with Gasteiger partial charge in [-0.1, -0.05) is 25.1 Å². The lowest BCUT2D eigenvalue weighted by molar-refractivity contribution is 0.148. The Balaban J connectivity index is 1.99. The number of fused-ring (bicyclic) bond motifs is 1. The smallest absolute Gasteiger partial charge is 0.0674 e. The van der Waals surface area contributed by atoms with Crippen molar-refractivity contribution in [2.45, 2.75) is 66.0 Å². The summed E-state index contributed by atoms with van der Waals surface area (Å²) in [6.07, 6.45) is 3.61. The number of aromatic nitrogens is 2. The third-order valence-electron chi connectivity index (χ3n) is 5.73. The van der Waals surface area contributed by atoms with E-state index in [-0.39, 0.29) is 0 Å². The largest absolute Gasteiger partial charge is 0.298 e. The van der Waals surface area contributed by atoms with Gasteiger partial charge >= 0.3 is 0 Å². The Morgan fingerprint density at radius 2 is 2.04 bits per heavy atom. The molecular formula is C21H31N3. The first-order valence-electron chi connectivity index (χ1n) is 9.31. The quantitative estimate of drug-likeness (QED) is 0.836. The summed E-state index contributed by atoms with van der Waals surface area (Å²) in [4.78, 5) is 2.65. The summed E-state index contributed by atoms with van der Waals surface area (Å²) < 4.78 is 2.01. The summed E-state index contributed by atoms with van der Waals surface area (Å²) in [5, 5.41) is 4.62. The van der Waals surface area contributed by atoms with Crippen LogP contribution in [0.5, 0.6) is 0 Å². The molecule has 0 unspecified atom stereocenters. The van der Waals surface area contributed by atoms with Crippen molar-refractivity contribution in [2.75, 3.05) is 6.54 Å². The van der Waals surface area contributed by atoms with Crippen LogP contribution in [-0.2, 0) is 19.9 Å². The summed E-state index contributed by atoms with van der Waals surface area (Å²) >= 11 is 0. The van der Waals surface area contributed by atoms with Crippen molar-refractivity contribution in [3.63, 3.8) is 0 Å². The third-order valence-corrected chi connectivity index (χ3v) is 5.73. The number of nitrogens with zero attached hydrogens (tertiary/aromatic N) is 3. The second-order valence-electron chi connectivity index (χ2n) is 7.43. The van der Waals surface area contributed by atoms with Crippen molar-refractivity contribution < 1.29 is 0 Å². The van der Waals surface area contributed by atoms with E-state index in [0.29, 0.717) is 12.1 Å². The molecule has 0 saturated carbocycles. The first kappa shape index (κ1) is 17.2. The van der Waals surface area contributed by atoms with Gasteiger partial charge in [0.05, 0.1) is 5.69 Å². The van der Waals surface area contributed by atoms with Gasteiger partial charge in [-0.25, -0.2) is 0 Å². The SMILES string of the molecule is CCN(C(C)C)[C@H]1CCc2c(cccc2-c2c(C)nn(C)c2C)C1. The van der Waals surface area contributed by atoms with Gasteiger partial charge in [-0.3, -0.25) is 9.58 Å². The first-order chi connectivity index (χ1) is 11.4. The molecule has 1 atom stereocenters. The molecule has 0 saturated heterocycles. The molecule has 24 heavy (non-hydrogen) atoms. The zero-order valence-electron chi connectivity index (χ0n) is 16.1. The second kappa shape index (κ2) is 6.72. The van der Waals surface area contributed by atoms with Gasteiger partial charge in [-0.2, -0.15) is 5.10 Å². The van der Waals surface area contributed by atoms with Crippen molar-refractivity contribution in [3.05, 3.63) is 40.7 Å². The topological polar surface area (TPSA) is 21.1 Å². The summed E-state index contributed by atoms with van der Waals surface area (Å²) in [5.74, 6) is 0. The van der Waals surface area contributed by atoms with Gasteiger partial charge in [0.15, 0.2) is 0 Å². The van der Waals surface area contributed by atoms with Gasteiger partial charge in [0.1, 0.15) is 0 Å². The van der Waals surface area contributed by atoms with Crippen LogP contribution in [0.15, 0.2) is 18.2 Å². The summed E-state index contributed by atoms with van der Waals surface area (Å²) in [6.45, 7) is 12.4. The van der Waals surface area contributed by atoms with Crippen LogP contribution >= 0.6 is 0 Å². The average Bonchev–Trinajstić information content (AvgIpc) is 2.79. The lowest BCUT2D eigenvalue weighted by Gasteiger charge is -2.37. The van der Waals surface area contributed by atoms with Gasteiger partial charge in [-0.05, 0) is 70.2 Å². The number of hydrogen-bond donors (Lipinski definition) is 0. The number of rotatable bonds is 4. The molecule has 3 heteroatoms. The number of hydrogen-bond acceptors (Lipinski definition) is 2. The monoisotopic (exact) mass is 325 g/mol. The maximum Gasteiger partial charge on any atom is 0.0674 e. The van der Waals surface area contributed by atoms with Crippen LogP contribution in [0.3, 0.4) is 0 Å². The van der Waals surface area contributed by atoms with Crippen LogP contribution in [0, 0.1) is 13.8 Å². The highest BCUT2D eigenvalue weighted by atomic mass is 15.3. The van der Waals surface area contributed by atoms with Crippen molar-refractivity contribution in [2.24, 2.45) is 7.05 Å². The lowest BCUT2D eigenvalue weighted by Crippen LogP contribution is -2.43. The van der Waals surface area contributed by atoms with Crippen molar-refractivity contribution >= 4 is 0 Å². The molecule has 3 nitrogen and oxygen atoms in total. The molecule has 0 bridgehead atoms. The van der Waals surface area contributed by atoms with E-state index in [0.717, 1.165) is 12.2 Å². The van der Waals surface area contributed by atoms with Crippen LogP contribution in [0.2, 0.25) is 0 Å². The molecule has 0 radical (unpaired) electrons. The van der Waals surface area contributed by atoms with Crippen molar-refractivity contribution in [3.8, 4) is 11.1 Å². The van der Waals surface area contributed by atoms with E-state index in [4.69, 9.17) is 0 Å². The summed E-state index contributed by atoms with van der Waals surface area (Å²) in [5.41, 5.74) is 8.23. The minimum atomic E-state index is 0.618. The third kappa shape index (κ3) is 2.90. The van der Waals surface area contributed by atoms with E-state index in [1.54, 1.807) is 5.56 Å². The Kier molecular flexibility index (Phi) is 4.82. The van der Waals surface area contributed by atoms with E-state index in [2.05, 4.69) is 62.8 Å². The molecule has 3 rings (SSSR count). The van der Waals surface area contributed by atoms with E-state index in [1.165, 1.54) is 41.6 Å². The Labute approximate surface area is 146 Å². The molecule has 130 valence electrons. The highest BCUT2D eigenvalue weighted by Gasteiger charge is 2.27. The Bertz CT molecular complexity index is 727. The molecule has 0 spiro atoms. The normalized spacial score (nSPS) is 17.6. The molecule has 1 aliphatic rings. The van der Waals surface area contributed by atoms with E-state index in [9.17, 15) is 0 Å². The fourth-order valence-electron chi connectivity index (χ4n) is 4.51. The standard InChI is InChI=1S/C21H31N3/c1-7-24(14(2)3)18-11-12-19-17(13-18)9-8-10-20(19)21-15(4)22-23(6)16(21)5/h8-10,14,18H,7,11-13H2,1-6H3/t18-/m0/s1. The molecule has 0 fully saturated rings. The highest BCUT2D eigenvalue weighted by Crippen LogP contribution is 2.36. The molecule has 0 amide bonds. The van der Waals surface area contributed by atoms with Crippen molar-refractivity contribution in [1.82, 2.24) is 14.7 Å². The van der Waals surface area contributed by atoms with Crippen LogP contribution in [-0.4, -0.2) is 33.3 Å². The van der Waals surface area contributed by atoms with Gasteiger partial charge in [0.2, 0.25) is 0 Å². The summed E-state index contributed by atoms with van der Waals surface area (Å²) in [7, 11) is 2.04. The Hall–Kier alpha value is -1.61. The molecule has 0 N–H and O–H groups in total. The fourth-order valence-corrected chi connectivity index (χ4v) is 4.51. The predicted octanol–water partition coefficient (Wildman–Crippen LogP) is 4.29. The van der Waals surface area contributed by atoms with Crippen LogP contribution in [0.25, 0.3) is 11.1 Å². The minimum Gasteiger partial charge on any atom is -0.298 e. The predicted molar refractivity (Wildman–Crippen MR) is 101 cm³/mol. The highest BCUT2D eigenvalue weighted by molar-refractivity contribution is 5.73. The summed E-state index contributed by atoms with van der Waals surface area (Å²) in [6, 6.07) is 8.14. The zero-order valence-corrected chi connectivity index (χ0v) is 16.1. The van der Waals surface area contributed by atoms with Gasteiger partial charge in [-0.15, -0.1) is 0 Å². The van der Waals surface area contributed by atoms with Gasteiger partial charge in [0.25, 0.3) is 0 Å². The number of likely N-dealkylation sites (N-methyl/N-ethyl adjacent to an activating group) is 1. The molecule has 1 heterocycles. The second-order valence-corrected chi connectivity index (χ2v) is 7.43. The lowest BCUT2D eigenvalue weighted by atomic mass is 9.82. The van der Waals surface area contributed by atoms with Crippen LogP contribution in [0.1, 0.15) is 49.7 Å². The van der Waals surface area contributed by atoms with Crippen molar-refractivity contribution in [1.29, 1.82) is 0 Å². The number of aryl methyl sites for hydroxylation is 2. The maximum atomic E-state index is 4.62. The van der Waals surface area contributed by atoms with Crippen LogP contribution < -0.4 is 0 Å². The van der Waals surface area contributed by atoms with E-state index in [1.807, 2.05) is 11.7 Å². The van der Waals surface area contributed by atoms with Crippen LogP contribution in [0.4, 0.5) is 0 Å². The molecule has 1 aliphatic carbocycles. The van der Waals surface area contributed by atoms with E-state index >= 15 is 0 Å².